The smallest absolute Gasteiger partial charge is 0.276 e. The van der Waals surface area contributed by atoms with E-state index in [0.29, 0.717) is 18.0 Å². The molecule has 5 heteroatoms. The zero-order chi connectivity index (χ0) is 14.7. The van der Waals surface area contributed by atoms with Gasteiger partial charge < -0.3 is 9.73 Å². The minimum atomic E-state index is -0.235. The van der Waals surface area contributed by atoms with Crippen LogP contribution < -0.4 is 5.32 Å². The lowest BCUT2D eigenvalue weighted by atomic mass is 10.2. The van der Waals surface area contributed by atoms with E-state index in [2.05, 4.69) is 10.4 Å². The van der Waals surface area contributed by atoms with Crippen LogP contribution >= 0.6 is 0 Å². The summed E-state index contributed by atoms with van der Waals surface area (Å²) >= 11 is 0. The maximum Gasteiger partial charge on any atom is 0.276 e. The summed E-state index contributed by atoms with van der Waals surface area (Å²) in [5.41, 5.74) is 1.90. The minimum Gasteiger partial charge on any atom is -0.463 e. The quantitative estimate of drug-likeness (QED) is 0.797. The molecule has 3 aromatic rings. The fraction of sp³-hybridized carbons (Fsp3) is 0.125. The first kappa shape index (κ1) is 13.2. The number of hydrogen-bond donors (Lipinski definition) is 1. The molecular formula is C16H15N3O2. The molecule has 0 aliphatic rings. The number of aromatic nitrogens is 2. The molecule has 1 aromatic carbocycles. The minimum absolute atomic E-state index is 0.235. The molecule has 0 unspecified atom stereocenters. The molecule has 0 saturated heterocycles. The van der Waals surface area contributed by atoms with E-state index in [9.17, 15) is 4.79 Å². The van der Waals surface area contributed by atoms with Crippen molar-refractivity contribution in [2.45, 2.75) is 13.5 Å². The second kappa shape index (κ2) is 5.66. The van der Waals surface area contributed by atoms with Crippen LogP contribution in [0.5, 0.6) is 0 Å². The normalized spacial score (nSPS) is 10.5. The Balaban J connectivity index is 1.87. The molecule has 1 amide bonds. The third-order valence-electron chi connectivity index (χ3n) is 3.12. The van der Waals surface area contributed by atoms with Gasteiger partial charge in [-0.1, -0.05) is 18.2 Å². The first-order chi connectivity index (χ1) is 10.3. The Morgan fingerprint density at radius 2 is 2.05 bits per heavy atom. The third-order valence-corrected chi connectivity index (χ3v) is 3.12. The summed E-state index contributed by atoms with van der Waals surface area (Å²) in [6, 6.07) is 14.7. The molecule has 5 nitrogen and oxygen atoms in total. The van der Waals surface area contributed by atoms with Gasteiger partial charge in [-0.05, 0) is 31.2 Å². The first-order valence-electron chi connectivity index (χ1n) is 6.76. The Morgan fingerprint density at radius 1 is 1.24 bits per heavy atom. The molecular weight excluding hydrogens is 266 g/mol. The number of para-hydroxylation sites is 1. The van der Waals surface area contributed by atoms with Gasteiger partial charge in [-0.2, -0.15) is 5.10 Å². The highest BCUT2D eigenvalue weighted by molar-refractivity contribution is 6.03. The Morgan fingerprint density at radius 3 is 2.71 bits per heavy atom. The predicted molar refractivity (Wildman–Crippen MR) is 80.0 cm³/mol. The summed E-state index contributed by atoms with van der Waals surface area (Å²) in [7, 11) is 0. The van der Waals surface area contributed by atoms with Gasteiger partial charge in [0.1, 0.15) is 5.69 Å². The van der Waals surface area contributed by atoms with E-state index in [1.807, 2.05) is 49.4 Å². The molecule has 3 rings (SSSR count). The Hall–Kier alpha value is -2.82. The van der Waals surface area contributed by atoms with Crippen LogP contribution in [0.15, 0.2) is 59.2 Å². The number of carbonyl (C=O) groups is 1. The highest BCUT2D eigenvalue weighted by Crippen LogP contribution is 2.21. The molecule has 21 heavy (non-hydrogen) atoms. The van der Waals surface area contributed by atoms with Crippen LogP contribution in [-0.4, -0.2) is 15.7 Å². The van der Waals surface area contributed by atoms with Gasteiger partial charge in [-0.3, -0.25) is 9.48 Å². The summed E-state index contributed by atoms with van der Waals surface area (Å²) in [5, 5.41) is 7.15. The number of nitrogens with zero attached hydrogens (tertiary/aromatic N) is 2. The molecule has 0 aliphatic heterocycles. The van der Waals surface area contributed by atoms with Crippen molar-refractivity contribution in [3.63, 3.8) is 0 Å². The molecule has 1 N–H and O–H groups in total. The van der Waals surface area contributed by atoms with Crippen molar-refractivity contribution >= 4 is 11.6 Å². The van der Waals surface area contributed by atoms with Gasteiger partial charge >= 0.3 is 0 Å². The molecule has 0 radical (unpaired) electrons. The molecule has 0 bridgehead atoms. The van der Waals surface area contributed by atoms with Crippen molar-refractivity contribution in [3.8, 4) is 11.5 Å². The van der Waals surface area contributed by atoms with Crippen LogP contribution in [0.2, 0.25) is 0 Å². The van der Waals surface area contributed by atoms with Gasteiger partial charge in [0.15, 0.2) is 11.5 Å². The molecule has 0 atom stereocenters. The lowest BCUT2D eigenvalue weighted by molar-refractivity contribution is 0.102. The summed E-state index contributed by atoms with van der Waals surface area (Å²) < 4.78 is 7.13. The number of furan rings is 1. The van der Waals surface area contributed by atoms with E-state index in [1.165, 1.54) is 0 Å². The topological polar surface area (TPSA) is 60.1 Å². The summed E-state index contributed by atoms with van der Waals surface area (Å²) in [5.74, 6) is 0.462. The van der Waals surface area contributed by atoms with E-state index in [4.69, 9.17) is 4.42 Å². The zero-order valence-electron chi connectivity index (χ0n) is 11.6. The number of amides is 1. The van der Waals surface area contributed by atoms with Gasteiger partial charge in [0, 0.05) is 18.3 Å². The molecule has 0 fully saturated rings. The van der Waals surface area contributed by atoms with Gasteiger partial charge in [-0.15, -0.1) is 0 Å². The monoisotopic (exact) mass is 281 g/mol. The lowest BCUT2D eigenvalue weighted by Gasteiger charge is -2.02. The lowest BCUT2D eigenvalue weighted by Crippen LogP contribution is -2.13. The third kappa shape index (κ3) is 2.72. The van der Waals surface area contributed by atoms with Crippen LogP contribution in [0, 0.1) is 0 Å². The number of aryl methyl sites for hydroxylation is 1. The van der Waals surface area contributed by atoms with E-state index >= 15 is 0 Å². The second-order valence-corrected chi connectivity index (χ2v) is 4.53. The van der Waals surface area contributed by atoms with Crippen molar-refractivity contribution in [2.24, 2.45) is 0 Å². The summed E-state index contributed by atoms with van der Waals surface area (Å²) in [6.07, 6.45) is 1.60. The number of rotatable bonds is 4. The number of hydrogen-bond acceptors (Lipinski definition) is 3. The Bertz CT molecular complexity index is 730. The van der Waals surface area contributed by atoms with E-state index in [-0.39, 0.29) is 5.91 Å². The number of carbonyl (C=O) groups excluding carboxylic acids is 1. The highest BCUT2D eigenvalue weighted by atomic mass is 16.3. The number of nitrogens with one attached hydrogen (secondary N) is 1. The molecule has 2 heterocycles. The van der Waals surface area contributed by atoms with E-state index < -0.39 is 0 Å². The molecule has 0 aliphatic carbocycles. The van der Waals surface area contributed by atoms with Crippen molar-refractivity contribution in [2.75, 3.05) is 5.32 Å². The Labute approximate surface area is 122 Å². The van der Waals surface area contributed by atoms with E-state index in [0.717, 1.165) is 11.4 Å². The number of anilines is 1. The van der Waals surface area contributed by atoms with Crippen LogP contribution in [0.25, 0.3) is 11.5 Å². The molecule has 0 saturated carbocycles. The summed E-state index contributed by atoms with van der Waals surface area (Å²) in [6.45, 7) is 2.63. The highest BCUT2D eigenvalue weighted by Gasteiger charge is 2.16. The van der Waals surface area contributed by atoms with E-state index in [1.54, 1.807) is 17.0 Å². The fourth-order valence-electron chi connectivity index (χ4n) is 2.11. The van der Waals surface area contributed by atoms with Gasteiger partial charge in [0.05, 0.1) is 6.26 Å². The molecule has 106 valence electrons. The van der Waals surface area contributed by atoms with Crippen molar-refractivity contribution < 1.29 is 9.21 Å². The van der Waals surface area contributed by atoms with Crippen molar-refractivity contribution in [1.82, 2.24) is 9.78 Å². The number of benzene rings is 1. The van der Waals surface area contributed by atoms with Gasteiger partial charge in [0.2, 0.25) is 0 Å². The van der Waals surface area contributed by atoms with Crippen molar-refractivity contribution in [3.05, 3.63) is 60.5 Å². The maximum absolute atomic E-state index is 12.2. The largest absolute Gasteiger partial charge is 0.463 e. The van der Waals surface area contributed by atoms with Crippen LogP contribution in [0.4, 0.5) is 5.69 Å². The zero-order valence-corrected chi connectivity index (χ0v) is 11.6. The SMILES string of the molecule is CCn1nc(C(=O)Nc2ccccc2)cc1-c1ccco1. The summed E-state index contributed by atoms with van der Waals surface area (Å²) in [4.78, 5) is 12.2. The average Bonchev–Trinajstić information content (AvgIpc) is 3.17. The van der Waals surface area contributed by atoms with Crippen molar-refractivity contribution in [1.29, 1.82) is 0 Å². The second-order valence-electron chi connectivity index (χ2n) is 4.53. The van der Waals surface area contributed by atoms with Crippen LogP contribution in [0.3, 0.4) is 0 Å². The average molecular weight is 281 g/mol. The molecule has 2 aromatic heterocycles. The maximum atomic E-state index is 12.2. The predicted octanol–water partition coefficient (Wildman–Crippen LogP) is 3.42. The first-order valence-corrected chi connectivity index (χ1v) is 6.76. The van der Waals surface area contributed by atoms with Crippen LogP contribution in [0.1, 0.15) is 17.4 Å². The standard InChI is InChI=1S/C16H15N3O2/c1-2-19-14(15-9-6-10-21-15)11-13(18-19)16(20)17-12-7-4-3-5-8-12/h3-11H,2H2,1H3,(H,17,20). The Kier molecular flexibility index (Phi) is 3.55. The fourth-order valence-corrected chi connectivity index (χ4v) is 2.11. The van der Waals surface area contributed by atoms with Gasteiger partial charge in [0.25, 0.3) is 5.91 Å². The van der Waals surface area contributed by atoms with Gasteiger partial charge in [-0.25, -0.2) is 0 Å². The van der Waals surface area contributed by atoms with Crippen LogP contribution in [-0.2, 0) is 6.54 Å². The molecule has 0 spiro atoms.